The summed E-state index contributed by atoms with van der Waals surface area (Å²) in [5.74, 6) is -1.13. The quantitative estimate of drug-likeness (QED) is 0.757. The monoisotopic (exact) mass is 203 g/mol. The third-order valence-corrected chi connectivity index (χ3v) is 1.63. The standard InChI is InChI=1S/C8H7F2NO3/c1-14-8-6(13)5(7(9)10)4(3-12)2-11-8/h2-3,7,13H,1H3. The lowest BCUT2D eigenvalue weighted by atomic mass is 10.1. The SMILES string of the molecule is COc1ncc(C=O)c(C(F)F)c1O. The Morgan fingerprint density at radius 3 is 2.71 bits per heavy atom. The number of pyridine rings is 1. The molecule has 1 aromatic heterocycles. The number of ether oxygens (including phenoxy) is 1. The van der Waals surface area contributed by atoms with Crippen molar-refractivity contribution in [2.75, 3.05) is 7.11 Å². The largest absolute Gasteiger partial charge is 0.503 e. The number of aromatic nitrogens is 1. The van der Waals surface area contributed by atoms with Crippen LogP contribution in [0.5, 0.6) is 11.6 Å². The number of hydrogen-bond donors (Lipinski definition) is 1. The van der Waals surface area contributed by atoms with Crippen LogP contribution in [0.4, 0.5) is 8.78 Å². The molecule has 0 amide bonds. The maximum Gasteiger partial charge on any atom is 0.268 e. The molecule has 0 aliphatic rings. The van der Waals surface area contributed by atoms with Crippen LogP contribution < -0.4 is 4.74 Å². The van der Waals surface area contributed by atoms with Gasteiger partial charge in [-0.05, 0) is 0 Å². The van der Waals surface area contributed by atoms with Crippen molar-refractivity contribution in [1.29, 1.82) is 0 Å². The van der Waals surface area contributed by atoms with Gasteiger partial charge in [-0.1, -0.05) is 0 Å². The van der Waals surface area contributed by atoms with Crippen LogP contribution >= 0.6 is 0 Å². The highest BCUT2D eigenvalue weighted by molar-refractivity contribution is 5.78. The molecular formula is C8H7F2NO3. The van der Waals surface area contributed by atoms with Crippen molar-refractivity contribution < 1.29 is 23.4 Å². The first-order valence-electron chi connectivity index (χ1n) is 3.61. The second-order valence-electron chi connectivity index (χ2n) is 2.40. The van der Waals surface area contributed by atoms with Gasteiger partial charge in [-0.15, -0.1) is 0 Å². The molecule has 1 aromatic rings. The summed E-state index contributed by atoms with van der Waals surface area (Å²) in [4.78, 5) is 13.8. The van der Waals surface area contributed by atoms with Crippen LogP contribution in [-0.2, 0) is 0 Å². The summed E-state index contributed by atoms with van der Waals surface area (Å²) in [5, 5.41) is 9.24. The normalized spacial score (nSPS) is 10.3. The third-order valence-electron chi connectivity index (χ3n) is 1.63. The minimum atomic E-state index is -2.95. The van der Waals surface area contributed by atoms with Crippen LogP contribution in [0.25, 0.3) is 0 Å². The van der Waals surface area contributed by atoms with E-state index in [4.69, 9.17) is 0 Å². The first-order valence-corrected chi connectivity index (χ1v) is 3.61. The molecule has 0 aliphatic carbocycles. The van der Waals surface area contributed by atoms with Crippen LogP contribution in [0.3, 0.4) is 0 Å². The van der Waals surface area contributed by atoms with Crippen LogP contribution in [0, 0.1) is 0 Å². The Morgan fingerprint density at radius 1 is 1.64 bits per heavy atom. The van der Waals surface area contributed by atoms with Crippen molar-refractivity contribution in [2.24, 2.45) is 0 Å². The Labute approximate surface area is 78.1 Å². The number of methoxy groups -OCH3 is 1. The fourth-order valence-corrected chi connectivity index (χ4v) is 0.983. The summed E-state index contributed by atoms with van der Waals surface area (Å²) in [7, 11) is 1.18. The second-order valence-corrected chi connectivity index (χ2v) is 2.40. The predicted octanol–water partition coefficient (Wildman–Crippen LogP) is 1.55. The van der Waals surface area contributed by atoms with Gasteiger partial charge < -0.3 is 9.84 Å². The molecule has 0 saturated carbocycles. The van der Waals surface area contributed by atoms with Crippen molar-refractivity contribution in [3.05, 3.63) is 17.3 Å². The van der Waals surface area contributed by atoms with E-state index in [1.165, 1.54) is 7.11 Å². The van der Waals surface area contributed by atoms with E-state index in [0.29, 0.717) is 0 Å². The van der Waals surface area contributed by atoms with Gasteiger partial charge in [0.1, 0.15) is 0 Å². The summed E-state index contributed by atoms with van der Waals surface area (Å²) in [6, 6.07) is 0. The van der Waals surface area contributed by atoms with Crippen LogP contribution in [0.1, 0.15) is 22.3 Å². The first kappa shape index (κ1) is 10.4. The minimum Gasteiger partial charge on any atom is -0.503 e. The second kappa shape index (κ2) is 3.99. The van der Waals surface area contributed by atoms with E-state index in [0.717, 1.165) is 6.20 Å². The van der Waals surface area contributed by atoms with Crippen LogP contribution in [0.15, 0.2) is 6.20 Å². The molecule has 14 heavy (non-hydrogen) atoms. The van der Waals surface area contributed by atoms with Gasteiger partial charge >= 0.3 is 0 Å². The zero-order valence-corrected chi connectivity index (χ0v) is 7.20. The number of halogens is 2. The predicted molar refractivity (Wildman–Crippen MR) is 42.8 cm³/mol. The molecule has 0 spiro atoms. The van der Waals surface area contributed by atoms with Crippen molar-refractivity contribution >= 4 is 6.29 Å². The molecule has 0 radical (unpaired) electrons. The summed E-state index contributed by atoms with van der Waals surface area (Å²) in [6.45, 7) is 0. The molecule has 1 heterocycles. The van der Waals surface area contributed by atoms with E-state index in [9.17, 15) is 18.7 Å². The Hall–Kier alpha value is -1.72. The molecule has 0 fully saturated rings. The van der Waals surface area contributed by atoms with Gasteiger partial charge in [0.05, 0.1) is 12.7 Å². The number of hydrogen-bond acceptors (Lipinski definition) is 4. The summed E-state index contributed by atoms with van der Waals surface area (Å²) >= 11 is 0. The maximum atomic E-state index is 12.4. The van der Waals surface area contributed by atoms with E-state index >= 15 is 0 Å². The van der Waals surface area contributed by atoms with E-state index in [1.807, 2.05) is 0 Å². The van der Waals surface area contributed by atoms with E-state index < -0.39 is 17.7 Å². The fourth-order valence-electron chi connectivity index (χ4n) is 0.983. The Balaban J connectivity index is 3.38. The van der Waals surface area contributed by atoms with E-state index in [2.05, 4.69) is 9.72 Å². The molecule has 6 heteroatoms. The first-order chi connectivity index (χ1) is 6.61. The van der Waals surface area contributed by atoms with Crippen molar-refractivity contribution in [2.45, 2.75) is 6.43 Å². The van der Waals surface area contributed by atoms with Gasteiger partial charge in [0.15, 0.2) is 12.0 Å². The smallest absolute Gasteiger partial charge is 0.268 e. The van der Waals surface area contributed by atoms with Crippen molar-refractivity contribution in [1.82, 2.24) is 4.98 Å². The Bertz CT molecular complexity index is 355. The molecule has 0 aliphatic heterocycles. The van der Waals surface area contributed by atoms with E-state index in [-0.39, 0.29) is 17.7 Å². The van der Waals surface area contributed by atoms with Gasteiger partial charge in [-0.2, -0.15) is 0 Å². The van der Waals surface area contributed by atoms with Gasteiger partial charge in [-0.25, -0.2) is 13.8 Å². The molecule has 1 N–H and O–H groups in total. The van der Waals surface area contributed by atoms with E-state index in [1.54, 1.807) is 0 Å². The number of carbonyl (C=O) groups is 1. The van der Waals surface area contributed by atoms with Gasteiger partial charge in [0.2, 0.25) is 0 Å². The highest BCUT2D eigenvalue weighted by atomic mass is 19.3. The number of nitrogens with zero attached hydrogens (tertiary/aromatic N) is 1. The molecule has 0 unspecified atom stereocenters. The highest BCUT2D eigenvalue weighted by Crippen LogP contribution is 2.35. The summed E-state index contributed by atoms with van der Waals surface area (Å²) in [6.07, 6.45) is -1.83. The van der Waals surface area contributed by atoms with Crippen LogP contribution in [-0.4, -0.2) is 23.5 Å². The fraction of sp³-hybridized carbons (Fsp3) is 0.250. The molecule has 4 nitrogen and oxygen atoms in total. The molecule has 0 bridgehead atoms. The number of rotatable bonds is 3. The number of carbonyl (C=O) groups excluding carboxylic acids is 1. The lowest BCUT2D eigenvalue weighted by molar-refractivity contribution is 0.110. The zero-order chi connectivity index (χ0) is 10.7. The molecule has 0 aromatic carbocycles. The number of alkyl halides is 2. The molecule has 0 atom stereocenters. The molecule has 1 rings (SSSR count). The maximum absolute atomic E-state index is 12.4. The van der Waals surface area contributed by atoms with Gasteiger partial charge in [0, 0.05) is 11.8 Å². The summed E-state index contributed by atoms with van der Waals surface area (Å²) < 4.78 is 29.3. The third kappa shape index (κ3) is 1.63. The minimum absolute atomic E-state index is 0.202. The molecular weight excluding hydrogens is 196 g/mol. The van der Waals surface area contributed by atoms with Gasteiger partial charge in [0.25, 0.3) is 12.3 Å². The average molecular weight is 203 g/mol. The average Bonchev–Trinajstić information content (AvgIpc) is 2.16. The highest BCUT2D eigenvalue weighted by Gasteiger charge is 2.21. The number of aldehydes is 1. The van der Waals surface area contributed by atoms with Crippen molar-refractivity contribution in [3.63, 3.8) is 0 Å². The van der Waals surface area contributed by atoms with Gasteiger partial charge in [-0.3, -0.25) is 4.79 Å². The molecule has 0 saturated heterocycles. The lowest BCUT2D eigenvalue weighted by Gasteiger charge is -2.08. The Morgan fingerprint density at radius 2 is 2.29 bits per heavy atom. The molecule has 76 valence electrons. The number of aromatic hydroxyl groups is 1. The topological polar surface area (TPSA) is 59.4 Å². The van der Waals surface area contributed by atoms with Crippen LogP contribution in [0.2, 0.25) is 0 Å². The van der Waals surface area contributed by atoms with Crippen molar-refractivity contribution in [3.8, 4) is 11.6 Å². The zero-order valence-electron chi connectivity index (χ0n) is 7.20. The lowest BCUT2D eigenvalue weighted by Crippen LogP contribution is -1.98. The summed E-state index contributed by atoms with van der Waals surface area (Å²) in [5.41, 5.74) is -1.11. The Kier molecular flexibility index (Phi) is 2.95.